The first-order valence-corrected chi connectivity index (χ1v) is 6.42. The van der Waals surface area contributed by atoms with E-state index in [0.29, 0.717) is 0 Å². The third-order valence-corrected chi connectivity index (χ3v) is 3.26. The van der Waals surface area contributed by atoms with Crippen LogP contribution in [0.1, 0.15) is 15.9 Å². The summed E-state index contributed by atoms with van der Waals surface area (Å²) < 4.78 is 43.8. The molecule has 0 spiro atoms. The summed E-state index contributed by atoms with van der Waals surface area (Å²) in [6.07, 6.45) is -4.67. The smallest absolute Gasteiger partial charge is 0.419 e. The van der Waals surface area contributed by atoms with Crippen LogP contribution in [0.4, 0.5) is 18.9 Å². The molecule has 0 bridgehead atoms. The lowest BCUT2D eigenvalue weighted by atomic mass is 9.99. The van der Waals surface area contributed by atoms with Crippen molar-refractivity contribution in [1.29, 1.82) is 0 Å². The summed E-state index contributed by atoms with van der Waals surface area (Å²) in [7, 11) is 1.09. The van der Waals surface area contributed by atoms with Gasteiger partial charge >= 0.3 is 12.1 Å². The third kappa shape index (κ3) is 3.29. The Kier molecular flexibility index (Phi) is 4.45. The maximum atomic E-state index is 13.0. The summed E-state index contributed by atoms with van der Waals surface area (Å²) in [6, 6.07) is 6.29. The molecule has 2 aromatic carbocycles. The Morgan fingerprint density at radius 2 is 1.75 bits per heavy atom. The molecular weight excluding hydrogens is 331 g/mol. The SMILES string of the molecule is COc1ccc(-c2ccc(C(=O)O)c([N+](=O)[O-])c2)cc1C(F)(F)F. The van der Waals surface area contributed by atoms with Gasteiger partial charge in [-0.3, -0.25) is 10.1 Å². The van der Waals surface area contributed by atoms with Crippen molar-refractivity contribution in [2.24, 2.45) is 0 Å². The number of carbonyl (C=O) groups is 1. The number of nitro benzene ring substituents is 1. The predicted octanol–water partition coefficient (Wildman–Crippen LogP) is 3.99. The van der Waals surface area contributed by atoms with E-state index < -0.39 is 33.9 Å². The summed E-state index contributed by atoms with van der Waals surface area (Å²) in [5.41, 5.74) is -2.16. The van der Waals surface area contributed by atoms with Crippen LogP contribution in [0.15, 0.2) is 36.4 Å². The van der Waals surface area contributed by atoms with Crippen molar-refractivity contribution < 1.29 is 32.7 Å². The zero-order chi connectivity index (χ0) is 18.1. The molecule has 0 saturated heterocycles. The summed E-state index contributed by atoms with van der Waals surface area (Å²) in [4.78, 5) is 21.1. The minimum atomic E-state index is -4.67. The van der Waals surface area contributed by atoms with E-state index >= 15 is 0 Å². The van der Waals surface area contributed by atoms with E-state index in [0.717, 1.165) is 31.4 Å². The lowest BCUT2D eigenvalue weighted by Gasteiger charge is -2.13. The van der Waals surface area contributed by atoms with Gasteiger partial charge in [0.25, 0.3) is 5.69 Å². The zero-order valence-electron chi connectivity index (χ0n) is 12.1. The quantitative estimate of drug-likeness (QED) is 0.671. The van der Waals surface area contributed by atoms with Crippen molar-refractivity contribution in [2.75, 3.05) is 7.11 Å². The number of nitrogens with zero attached hydrogens (tertiary/aromatic N) is 1. The van der Waals surface area contributed by atoms with Crippen molar-refractivity contribution in [3.05, 3.63) is 57.6 Å². The number of aromatic carboxylic acids is 1. The first-order valence-electron chi connectivity index (χ1n) is 6.42. The minimum Gasteiger partial charge on any atom is -0.496 e. The van der Waals surface area contributed by atoms with Crippen LogP contribution < -0.4 is 4.74 Å². The molecule has 0 atom stereocenters. The topological polar surface area (TPSA) is 89.7 Å². The molecule has 0 unspecified atom stereocenters. The molecule has 0 heterocycles. The van der Waals surface area contributed by atoms with Crippen LogP contribution >= 0.6 is 0 Å². The van der Waals surface area contributed by atoms with Crippen molar-refractivity contribution in [3.63, 3.8) is 0 Å². The number of nitro groups is 1. The number of hydrogen-bond acceptors (Lipinski definition) is 4. The highest BCUT2D eigenvalue weighted by Crippen LogP contribution is 2.39. The number of carboxylic acid groups (broad SMARTS) is 1. The van der Waals surface area contributed by atoms with Gasteiger partial charge < -0.3 is 9.84 Å². The number of methoxy groups -OCH3 is 1. The zero-order valence-corrected chi connectivity index (χ0v) is 12.1. The highest BCUT2D eigenvalue weighted by molar-refractivity contribution is 5.93. The van der Waals surface area contributed by atoms with Gasteiger partial charge in [0.1, 0.15) is 11.3 Å². The van der Waals surface area contributed by atoms with Crippen molar-refractivity contribution >= 4 is 11.7 Å². The monoisotopic (exact) mass is 341 g/mol. The molecule has 2 aromatic rings. The number of ether oxygens (including phenoxy) is 1. The van der Waals surface area contributed by atoms with E-state index in [4.69, 9.17) is 5.11 Å². The highest BCUT2D eigenvalue weighted by Gasteiger charge is 2.34. The van der Waals surface area contributed by atoms with E-state index in [9.17, 15) is 28.1 Å². The van der Waals surface area contributed by atoms with Gasteiger partial charge in [0, 0.05) is 6.07 Å². The molecule has 1 N–H and O–H groups in total. The first-order chi connectivity index (χ1) is 11.1. The molecule has 24 heavy (non-hydrogen) atoms. The molecule has 2 rings (SSSR count). The average Bonchev–Trinajstić information content (AvgIpc) is 2.52. The van der Waals surface area contributed by atoms with Crippen LogP contribution in [0.3, 0.4) is 0 Å². The second-order valence-corrected chi connectivity index (χ2v) is 4.71. The number of halogens is 3. The van der Waals surface area contributed by atoms with E-state index in [1.54, 1.807) is 0 Å². The van der Waals surface area contributed by atoms with Crippen LogP contribution in [-0.2, 0) is 6.18 Å². The number of carboxylic acids is 1. The highest BCUT2D eigenvalue weighted by atomic mass is 19.4. The lowest BCUT2D eigenvalue weighted by molar-refractivity contribution is -0.385. The van der Waals surface area contributed by atoms with Gasteiger partial charge in [0.05, 0.1) is 17.6 Å². The Balaban J connectivity index is 2.63. The Morgan fingerprint density at radius 1 is 1.17 bits per heavy atom. The fourth-order valence-electron chi connectivity index (χ4n) is 2.15. The van der Waals surface area contributed by atoms with Gasteiger partial charge in [-0.05, 0) is 29.3 Å². The fraction of sp³-hybridized carbons (Fsp3) is 0.133. The molecule has 0 fully saturated rings. The Morgan fingerprint density at radius 3 is 2.25 bits per heavy atom. The lowest BCUT2D eigenvalue weighted by Crippen LogP contribution is -2.07. The van der Waals surface area contributed by atoms with Gasteiger partial charge in [0.2, 0.25) is 0 Å². The van der Waals surface area contributed by atoms with Crippen molar-refractivity contribution in [3.8, 4) is 16.9 Å². The molecule has 0 aromatic heterocycles. The van der Waals surface area contributed by atoms with Crippen molar-refractivity contribution in [1.82, 2.24) is 0 Å². The largest absolute Gasteiger partial charge is 0.496 e. The van der Waals surface area contributed by atoms with E-state index in [1.165, 1.54) is 12.1 Å². The van der Waals surface area contributed by atoms with Crippen LogP contribution in [0, 0.1) is 10.1 Å². The standard InChI is InChI=1S/C15H10F3NO5/c1-24-13-5-3-8(6-11(13)15(16,17)18)9-2-4-10(14(20)21)12(7-9)19(22)23/h2-7H,1H3,(H,20,21). The second-order valence-electron chi connectivity index (χ2n) is 4.71. The van der Waals surface area contributed by atoms with Gasteiger partial charge in [-0.2, -0.15) is 13.2 Å². The fourth-order valence-corrected chi connectivity index (χ4v) is 2.15. The molecule has 0 aliphatic carbocycles. The molecular formula is C15H10F3NO5. The van der Waals surface area contributed by atoms with Crippen LogP contribution in [0.25, 0.3) is 11.1 Å². The Bertz CT molecular complexity index is 817. The number of rotatable bonds is 4. The molecule has 0 saturated carbocycles. The first kappa shape index (κ1) is 17.3. The van der Waals surface area contributed by atoms with E-state index in [1.807, 2.05) is 0 Å². The van der Waals surface area contributed by atoms with Gasteiger partial charge in [-0.25, -0.2) is 4.79 Å². The van der Waals surface area contributed by atoms with Crippen molar-refractivity contribution in [2.45, 2.75) is 6.18 Å². The van der Waals surface area contributed by atoms with Crippen LogP contribution in [0.5, 0.6) is 5.75 Å². The van der Waals surface area contributed by atoms with Crippen LogP contribution in [0.2, 0.25) is 0 Å². The summed E-state index contributed by atoms with van der Waals surface area (Å²) in [6.45, 7) is 0. The van der Waals surface area contributed by atoms with E-state index in [-0.39, 0.29) is 16.9 Å². The van der Waals surface area contributed by atoms with Crippen LogP contribution in [-0.4, -0.2) is 23.1 Å². The second kappa shape index (κ2) is 6.19. The molecule has 0 amide bonds. The maximum absolute atomic E-state index is 13.0. The summed E-state index contributed by atoms with van der Waals surface area (Å²) in [5, 5.41) is 19.9. The van der Waals surface area contributed by atoms with Gasteiger partial charge in [-0.15, -0.1) is 0 Å². The normalized spacial score (nSPS) is 11.2. The number of alkyl halides is 3. The number of hydrogen-bond donors (Lipinski definition) is 1. The van der Waals surface area contributed by atoms with E-state index in [2.05, 4.69) is 4.74 Å². The van der Waals surface area contributed by atoms with Gasteiger partial charge in [0.15, 0.2) is 0 Å². The molecule has 126 valence electrons. The molecule has 0 aliphatic heterocycles. The third-order valence-electron chi connectivity index (χ3n) is 3.26. The molecule has 0 radical (unpaired) electrons. The molecule has 9 heteroatoms. The van der Waals surface area contributed by atoms with Gasteiger partial charge in [-0.1, -0.05) is 12.1 Å². The minimum absolute atomic E-state index is 0.0446. The number of benzene rings is 2. The average molecular weight is 341 g/mol. The summed E-state index contributed by atoms with van der Waals surface area (Å²) >= 11 is 0. The predicted molar refractivity (Wildman–Crippen MR) is 77.0 cm³/mol. The molecule has 0 aliphatic rings. The Hall–Kier alpha value is -3.10. The summed E-state index contributed by atoms with van der Waals surface area (Å²) in [5.74, 6) is -1.89. The molecule has 6 nitrogen and oxygen atoms in total. The Labute approximate surface area is 133 Å². The maximum Gasteiger partial charge on any atom is 0.419 e.